The van der Waals surface area contributed by atoms with Gasteiger partial charge in [0.1, 0.15) is 11.8 Å². The topological polar surface area (TPSA) is 104 Å². The maximum Gasteiger partial charge on any atom is 0.417 e. The van der Waals surface area contributed by atoms with Crippen LogP contribution in [0.1, 0.15) is 41.4 Å². The molecule has 2 heterocycles. The number of carbonyl (C=O) groups excluding carboxylic acids is 2. The Morgan fingerprint density at radius 1 is 1.25 bits per heavy atom. The van der Waals surface area contributed by atoms with Crippen molar-refractivity contribution in [2.45, 2.75) is 51.2 Å². The van der Waals surface area contributed by atoms with Crippen molar-refractivity contribution >= 4 is 17.5 Å². The van der Waals surface area contributed by atoms with Gasteiger partial charge in [0, 0.05) is 29.3 Å². The van der Waals surface area contributed by atoms with Crippen molar-refractivity contribution in [1.82, 2.24) is 4.98 Å². The standard InChI is InChI=1S/C22H20F7N3O4/c1-8-7-31-13(18(30)33)6-12(8)32-19(34)17-14(9(2)21(3,36-17)22(27,28)29)10-4-5-11(23)15(24)16(10)35-20(25)26/h4-7,9,14,17,20H,1-3H3,(H2,30,33)(H,31,32,34)/t9-,14-,17+,21+/m1/s1. The van der Waals surface area contributed by atoms with Crippen LogP contribution in [0.5, 0.6) is 5.75 Å². The fourth-order valence-corrected chi connectivity index (χ4v) is 4.04. The van der Waals surface area contributed by atoms with Gasteiger partial charge >= 0.3 is 12.8 Å². The van der Waals surface area contributed by atoms with E-state index in [1.165, 1.54) is 13.1 Å². The summed E-state index contributed by atoms with van der Waals surface area (Å²) in [5.74, 6) is -10.3. The van der Waals surface area contributed by atoms with Crippen molar-refractivity contribution < 1.29 is 49.8 Å². The van der Waals surface area contributed by atoms with E-state index >= 15 is 0 Å². The van der Waals surface area contributed by atoms with Crippen LogP contribution in [-0.2, 0) is 9.53 Å². The second-order valence-corrected chi connectivity index (χ2v) is 8.35. The van der Waals surface area contributed by atoms with Gasteiger partial charge in [-0.05, 0) is 31.5 Å². The predicted molar refractivity (Wildman–Crippen MR) is 110 cm³/mol. The minimum absolute atomic E-state index is 0.0474. The molecular formula is C22H20F7N3O4. The van der Waals surface area contributed by atoms with E-state index in [4.69, 9.17) is 10.5 Å². The van der Waals surface area contributed by atoms with Gasteiger partial charge < -0.3 is 20.5 Å². The molecule has 4 atom stereocenters. The fraction of sp³-hybridized carbons (Fsp3) is 0.409. The van der Waals surface area contributed by atoms with Gasteiger partial charge in [-0.15, -0.1) is 0 Å². The SMILES string of the molecule is Cc1cnc(C(N)=O)cc1NC(=O)[C@H]1O[C@](C)(C(F)(F)F)[C@H](C)[C@@H]1c1ccc(F)c(F)c1OC(F)F. The zero-order valence-electron chi connectivity index (χ0n) is 18.9. The molecule has 0 aliphatic carbocycles. The quantitative estimate of drug-likeness (QED) is 0.545. The van der Waals surface area contributed by atoms with E-state index in [9.17, 15) is 40.3 Å². The molecule has 0 saturated carbocycles. The lowest BCUT2D eigenvalue weighted by atomic mass is 9.77. The van der Waals surface area contributed by atoms with Gasteiger partial charge in [-0.1, -0.05) is 13.0 Å². The molecular weight excluding hydrogens is 503 g/mol. The number of amides is 2. The molecule has 36 heavy (non-hydrogen) atoms. The first-order valence-electron chi connectivity index (χ1n) is 10.3. The Hall–Kier alpha value is -3.42. The smallest absolute Gasteiger partial charge is 0.417 e. The molecule has 7 nitrogen and oxygen atoms in total. The second-order valence-electron chi connectivity index (χ2n) is 8.35. The molecule has 2 aromatic rings. The van der Waals surface area contributed by atoms with Crippen molar-refractivity contribution in [3.8, 4) is 5.75 Å². The summed E-state index contributed by atoms with van der Waals surface area (Å²) >= 11 is 0. The van der Waals surface area contributed by atoms with Crippen LogP contribution in [0.3, 0.4) is 0 Å². The lowest BCUT2D eigenvalue weighted by Gasteiger charge is -2.32. The van der Waals surface area contributed by atoms with Crippen LogP contribution >= 0.6 is 0 Å². The van der Waals surface area contributed by atoms with Crippen molar-refractivity contribution in [1.29, 1.82) is 0 Å². The maximum absolute atomic E-state index is 14.4. The molecule has 3 N–H and O–H groups in total. The summed E-state index contributed by atoms with van der Waals surface area (Å²) in [5.41, 5.74) is 1.53. The minimum Gasteiger partial charge on any atom is -0.431 e. The average Bonchev–Trinajstić information content (AvgIpc) is 3.05. The van der Waals surface area contributed by atoms with Crippen LogP contribution in [0, 0.1) is 24.5 Å². The number of nitrogens with one attached hydrogen (secondary N) is 1. The fourth-order valence-electron chi connectivity index (χ4n) is 4.04. The summed E-state index contributed by atoms with van der Waals surface area (Å²) in [4.78, 5) is 28.4. The highest BCUT2D eigenvalue weighted by atomic mass is 19.4. The highest BCUT2D eigenvalue weighted by Gasteiger charge is 2.66. The van der Waals surface area contributed by atoms with Gasteiger partial charge in [-0.25, -0.2) is 4.39 Å². The van der Waals surface area contributed by atoms with Crippen LogP contribution in [0.25, 0.3) is 0 Å². The summed E-state index contributed by atoms with van der Waals surface area (Å²) < 4.78 is 105. The molecule has 0 bridgehead atoms. The predicted octanol–water partition coefficient (Wildman–Crippen LogP) is 4.45. The van der Waals surface area contributed by atoms with Gasteiger partial charge in [0.15, 0.2) is 17.2 Å². The van der Waals surface area contributed by atoms with E-state index in [0.29, 0.717) is 18.6 Å². The lowest BCUT2D eigenvalue weighted by Crippen LogP contribution is -2.47. The highest BCUT2D eigenvalue weighted by molar-refractivity contribution is 5.98. The van der Waals surface area contributed by atoms with Gasteiger partial charge in [-0.3, -0.25) is 14.6 Å². The number of hydrogen-bond donors (Lipinski definition) is 2. The highest BCUT2D eigenvalue weighted by Crippen LogP contribution is 2.55. The Bertz CT molecular complexity index is 1190. The zero-order valence-corrected chi connectivity index (χ0v) is 18.9. The Morgan fingerprint density at radius 3 is 2.44 bits per heavy atom. The molecule has 1 fully saturated rings. The van der Waals surface area contributed by atoms with E-state index in [0.717, 1.165) is 19.1 Å². The first-order chi connectivity index (χ1) is 16.6. The molecule has 1 aromatic carbocycles. The first-order valence-corrected chi connectivity index (χ1v) is 10.3. The van der Waals surface area contributed by atoms with Crippen molar-refractivity contribution in [2.75, 3.05) is 5.32 Å². The van der Waals surface area contributed by atoms with Crippen LogP contribution in [0.4, 0.5) is 36.4 Å². The molecule has 1 aliphatic rings. The Labute approximate surface area is 199 Å². The molecule has 1 aromatic heterocycles. The van der Waals surface area contributed by atoms with Gasteiger partial charge in [-0.2, -0.15) is 26.3 Å². The van der Waals surface area contributed by atoms with Crippen molar-refractivity contribution in [2.24, 2.45) is 11.7 Å². The largest absolute Gasteiger partial charge is 0.431 e. The number of nitrogens with zero attached hydrogens (tertiary/aromatic N) is 1. The number of halogens is 7. The molecule has 1 aliphatic heterocycles. The zero-order chi connectivity index (χ0) is 27.2. The third-order valence-corrected chi connectivity index (χ3v) is 6.19. The maximum atomic E-state index is 14.4. The summed E-state index contributed by atoms with van der Waals surface area (Å²) in [6.45, 7) is -0.506. The summed E-state index contributed by atoms with van der Waals surface area (Å²) in [6, 6.07) is 2.35. The van der Waals surface area contributed by atoms with Gasteiger partial charge in [0.25, 0.3) is 11.8 Å². The number of anilines is 1. The Morgan fingerprint density at radius 2 is 1.89 bits per heavy atom. The van der Waals surface area contributed by atoms with Crippen LogP contribution in [0.2, 0.25) is 0 Å². The third kappa shape index (κ3) is 4.81. The number of ether oxygens (including phenoxy) is 2. The molecule has 0 unspecified atom stereocenters. The second kappa shape index (κ2) is 9.56. The van der Waals surface area contributed by atoms with Gasteiger partial charge in [0.05, 0.1) is 0 Å². The first kappa shape index (κ1) is 27.2. The van der Waals surface area contributed by atoms with Crippen molar-refractivity contribution in [3.05, 3.63) is 52.9 Å². The number of carbonyl (C=O) groups is 2. The number of aryl methyl sites for hydroxylation is 1. The summed E-state index contributed by atoms with van der Waals surface area (Å²) in [7, 11) is 0. The van der Waals surface area contributed by atoms with Crippen molar-refractivity contribution in [3.63, 3.8) is 0 Å². The molecule has 3 rings (SSSR count). The minimum atomic E-state index is -5.05. The number of primary amides is 1. The molecule has 0 spiro atoms. The van der Waals surface area contributed by atoms with E-state index in [2.05, 4.69) is 15.0 Å². The number of pyridine rings is 1. The Balaban J connectivity index is 2.13. The monoisotopic (exact) mass is 523 g/mol. The number of benzene rings is 1. The van der Waals surface area contributed by atoms with Gasteiger partial charge in [0.2, 0.25) is 5.82 Å². The number of alkyl halides is 5. The molecule has 1 saturated heterocycles. The summed E-state index contributed by atoms with van der Waals surface area (Å²) in [6.07, 6.45) is -5.90. The number of rotatable bonds is 6. The van der Waals surface area contributed by atoms with E-state index < -0.39 is 71.1 Å². The molecule has 196 valence electrons. The molecule has 0 radical (unpaired) electrons. The van der Waals surface area contributed by atoms with Crippen LogP contribution in [-0.4, -0.2) is 41.3 Å². The lowest BCUT2D eigenvalue weighted by molar-refractivity contribution is -0.272. The molecule has 2 amide bonds. The van der Waals surface area contributed by atoms with E-state index in [1.807, 2.05) is 0 Å². The number of hydrogen-bond acceptors (Lipinski definition) is 5. The Kier molecular flexibility index (Phi) is 7.22. The molecule has 14 heteroatoms. The number of aromatic nitrogens is 1. The van der Waals surface area contributed by atoms with Crippen LogP contribution < -0.4 is 15.8 Å². The van der Waals surface area contributed by atoms with E-state index in [1.54, 1.807) is 0 Å². The third-order valence-electron chi connectivity index (χ3n) is 6.19. The average molecular weight is 523 g/mol. The van der Waals surface area contributed by atoms with E-state index in [-0.39, 0.29) is 11.4 Å². The van der Waals surface area contributed by atoms with Crippen LogP contribution in [0.15, 0.2) is 24.4 Å². The number of nitrogens with two attached hydrogens (primary N) is 1. The summed E-state index contributed by atoms with van der Waals surface area (Å²) in [5, 5.41) is 2.31. The normalized spacial score (nSPS) is 24.1.